The predicted molar refractivity (Wildman–Crippen MR) is 108 cm³/mol. The number of hydrogen-bond acceptors (Lipinski definition) is 4. The molecule has 1 aromatic carbocycles. The highest BCUT2D eigenvalue weighted by Gasteiger charge is 2.24. The van der Waals surface area contributed by atoms with E-state index in [9.17, 15) is 9.59 Å². The molecule has 5 heteroatoms. The maximum absolute atomic E-state index is 12.0. The number of carbonyl (C=O) groups is 2. The molecule has 0 saturated carbocycles. The number of para-hydroxylation sites is 1. The molecule has 1 aromatic rings. The second-order valence-electron chi connectivity index (χ2n) is 5.12. The van der Waals surface area contributed by atoms with Gasteiger partial charge in [0.25, 0.3) is 0 Å². The minimum atomic E-state index is 0. The summed E-state index contributed by atoms with van der Waals surface area (Å²) in [6.45, 7) is 8.34. The van der Waals surface area contributed by atoms with Gasteiger partial charge >= 0.3 is 0 Å². The van der Waals surface area contributed by atoms with Crippen molar-refractivity contribution in [3.05, 3.63) is 41.6 Å². The fourth-order valence-electron chi connectivity index (χ4n) is 2.16. The quantitative estimate of drug-likeness (QED) is 0.799. The van der Waals surface area contributed by atoms with Crippen molar-refractivity contribution in [1.82, 2.24) is 4.90 Å². The van der Waals surface area contributed by atoms with Crippen LogP contribution in [-0.4, -0.2) is 42.2 Å². The minimum absolute atomic E-state index is 0. The smallest absolute Gasteiger partial charge is 0.219 e. The number of thioether (sulfide) groups is 1. The summed E-state index contributed by atoms with van der Waals surface area (Å²) in [5, 5.41) is 3.22. The van der Waals surface area contributed by atoms with Gasteiger partial charge in [-0.05, 0) is 31.6 Å². The first kappa shape index (κ1) is 22.2. The van der Waals surface area contributed by atoms with E-state index in [2.05, 4.69) is 5.32 Å². The summed E-state index contributed by atoms with van der Waals surface area (Å²) in [7, 11) is 0. The summed E-state index contributed by atoms with van der Waals surface area (Å²) < 4.78 is 0. The third kappa shape index (κ3) is 7.68. The molecule has 1 saturated heterocycles. The molecule has 24 heavy (non-hydrogen) atoms. The van der Waals surface area contributed by atoms with Gasteiger partial charge in [-0.25, -0.2) is 0 Å². The van der Waals surface area contributed by atoms with Gasteiger partial charge in [0.05, 0.1) is 6.54 Å². The molecule has 1 N–H and O–H groups in total. The summed E-state index contributed by atoms with van der Waals surface area (Å²) >= 11 is 1.75. The largest absolute Gasteiger partial charge is 0.359 e. The molecule has 0 aliphatic carbocycles. The van der Waals surface area contributed by atoms with Crippen LogP contribution < -0.4 is 5.32 Å². The van der Waals surface area contributed by atoms with Gasteiger partial charge in [0, 0.05) is 38.3 Å². The molecular weight excluding hydrogens is 320 g/mol. The molecule has 1 fully saturated rings. The van der Waals surface area contributed by atoms with E-state index in [0.29, 0.717) is 25.1 Å². The number of nitrogens with one attached hydrogen (secondary N) is 1. The van der Waals surface area contributed by atoms with Crippen molar-refractivity contribution in [1.29, 1.82) is 0 Å². The van der Waals surface area contributed by atoms with Crippen LogP contribution >= 0.6 is 11.8 Å². The Labute approximate surface area is 152 Å². The molecule has 1 aliphatic heterocycles. The maximum atomic E-state index is 12.0. The number of ketones is 1. The van der Waals surface area contributed by atoms with Crippen LogP contribution in [0.25, 0.3) is 0 Å². The molecule has 1 heterocycles. The van der Waals surface area contributed by atoms with E-state index in [0.717, 1.165) is 11.4 Å². The Morgan fingerprint density at radius 2 is 1.71 bits per heavy atom. The summed E-state index contributed by atoms with van der Waals surface area (Å²) in [4.78, 5) is 25.1. The lowest BCUT2D eigenvalue weighted by Gasteiger charge is -2.28. The Balaban J connectivity index is 0. The van der Waals surface area contributed by atoms with Gasteiger partial charge in [0.2, 0.25) is 5.91 Å². The Morgan fingerprint density at radius 3 is 2.21 bits per heavy atom. The molecule has 136 valence electrons. The Kier molecular flexibility index (Phi) is 11.7. The zero-order valence-electron chi connectivity index (χ0n) is 15.7. The zero-order chi connectivity index (χ0) is 18.5. The number of rotatable bonds is 2. The van der Waals surface area contributed by atoms with Crippen LogP contribution in [0.15, 0.2) is 41.6 Å². The maximum Gasteiger partial charge on any atom is 0.219 e. The molecule has 0 aromatic heterocycles. The van der Waals surface area contributed by atoms with E-state index in [1.807, 2.05) is 63.6 Å². The molecule has 2 rings (SSSR count). The van der Waals surface area contributed by atoms with E-state index in [4.69, 9.17) is 0 Å². The molecule has 1 amide bonds. The van der Waals surface area contributed by atoms with E-state index in [1.165, 1.54) is 6.92 Å². The third-order valence-corrected chi connectivity index (χ3v) is 3.30. The topological polar surface area (TPSA) is 49.4 Å². The second kappa shape index (κ2) is 12.6. The molecule has 0 spiro atoms. The van der Waals surface area contributed by atoms with Gasteiger partial charge in [-0.3, -0.25) is 9.59 Å². The number of nitrogens with zero attached hydrogens (tertiary/aromatic N) is 1. The van der Waals surface area contributed by atoms with Crippen LogP contribution in [0.4, 0.5) is 5.69 Å². The molecule has 4 nitrogen and oxygen atoms in total. The Bertz CT molecular complexity index is 548. The molecule has 0 unspecified atom stereocenters. The predicted octanol–water partition coefficient (Wildman–Crippen LogP) is 4.45. The zero-order valence-corrected chi connectivity index (χ0v) is 16.5. The van der Waals surface area contributed by atoms with Crippen LogP contribution in [0, 0.1) is 0 Å². The van der Waals surface area contributed by atoms with Gasteiger partial charge in [-0.15, -0.1) is 0 Å². The lowest BCUT2D eigenvalue weighted by Crippen LogP contribution is -2.39. The van der Waals surface area contributed by atoms with Crippen LogP contribution in [0.2, 0.25) is 0 Å². The van der Waals surface area contributed by atoms with Crippen molar-refractivity contribution >= 4 is 29.1 Å². The lowest BCUT2D eigenvalue weighted by atomic mass is 10.0. The second-order valence-corrected chi connectivity index (χ2v) is 5.93. The van der Waals surface area contributed by atoms with E-state index < -0.39 is 0 Å². The SMILES string of the molecule is CC.CC(=O)N1CCC(=O)/C(=C(\C)Nc2ccccc2)C1.CSC.[HH]. The summed E-state index contributed by atoms with van der Waals surface area (Å²) in [6.07, 6.45) is 4.49. The van der Waals surface area contributed by atoms with Crippen molar-refractivity contribution < 1.29 is 11.0 Å². The molecule has 0 atom stereocenters. The fraction of sp³-hybridized carbons (Fsp3) is 0.474. The number of carbonyl (C=O) groups excluding carboxylic acids is 2. The number of likely N-dealkylation sites (tertiary alicyclic amines) is 1. The summed E-state index contributed by atoms with van der Waals surface area (Å²) in [5.74, 6) is 0.135. The Morgan fingerprint density at radius 1 is 1.17 bits per heavy atom. The first-order valence-corrected chi connectivity index (χ1v) is 9.83. The van der Waals surface area contributed by atoms with Crippen LogP contribution in [0.3, 0.4) is 0 Å². The van der Waals surface area contributed by atoms with Crippen molar-refractivity contribution in [2.75, 3.05) is 30.9 Å². The number of hydrogen-bond donors (Lipinski definition) is 1. The highest BCUT2D eigenvalue weighted by Crippen LogP contribution is 2.18. The number of benzene rings is 1. The lowest BCUT2D eigenvalue weighted by molar-refractivity contribution is -0.130. The number of piperidine rings is 1. The number of Topliss-reactive ketones (excluding diaryl/α,β-unsaturated/α-hetero) is 1. The average Bonchev–Trinajstić information content (AvgIpc) is 2.58. The number of anilines is 1. The van der Waals surface area contributed by atoms with Gasteiger partial charge in [0.1, 0.15) is 0 Å². The molecular formula is C19H32N2O2S. The van der Waals surface area contributed by atoms with E-state index >= 15 is 0 Å². The van der Waals surface area contributed by atoms with Crippen molar-refractivity contribution in [3.63, 3.8) is 0 Å². The highest BCUT2D eigenvalue weighted by molar-refractivity contribution is 7.97. The van der Waals surface area contributed by atoms with Gasteiger partial charge < -0.3 is 10.2 Å². The van der Waals surface area contributed by atoms with Crippen molar-refractivity contribution in [3.8, 4) is 0 Å². The number of allylic oxidation sites excluding steroid dienone is 1. The number of amides is 1. The summed E-state index contributed by atoms with van der Waals surface area (Å²) in [6, 6.07) is 9.70. The van der Waals surface area contributed by atoms with Gasteiger partial charge in [-0.1, -0.05) is 32.0 Å². The Hall–Kier alpha value is -1.75. The van der Waals surface area contributed by atoms with Crippen LogP contribution in [0.1, 0.15) is 35.5 Å². The first-order chi connectivity index (χ1) is 11.5. The standard InChI is InChI=1S/C15H18N2O2.C2H6S.C2H6.H2/c1-11(16-13-6-4-3-5-7-13)14-10-17(12(2)18)9-8-15(14)19;1-3-2;1-2;/h3-7,16H,8-10H2,1-2H3;1-2H3;1-2H3;1H/b14-11+;;;. The normalized spacial score (nSPS) is 15.4. The first-order valence-electron chi connectivity index (χ1n) is 8.20. The van der Waals surface area contributed by atoms with Crippen LogP contribution in [-0.2, 0) is 9.59 Å². The molecule has 1 aliphatic rings. The summed E-state index contributed by atoms with van der Waals surface area (Å²) in [5.41, 5.74) is 2.47. The monoisotopic (exact) mass is 352 g/mol. The van der Waals surface area contributed by atoms with Crippen molar-refractivity contribution in [2.24, 2.45) is 0 Å². The minimum Gasteiger partial charge on any atom is -0.359 e. The van der Waals surface area contributed by atoms with Crippen LogP contribution in [0.5, 0.6) is 0 Å². The van der Waals surface area contributed by atoms with E-state index in [1.54, 1.807) is 16.7 Å². The molecule has 0 radical (unpaired) electrons. The van der Waals surface area contributed by atoms with Gasteiger partial charge in [-0.2, -0.15) is 11.8 Å². The fourth-order valence-corrected chi connectivity index (χ4v) is 2.16. The molecule has 0 bridgehead atoms. The van der Waals surface area contributed by atoms with E-state index in [-0.39, 0.29) is 13.1 Å². The highest BCUT2D eigenvalue weighted by atomic mass is 32.2. The third-order valence-electron chi connectivity index (χ3n) is 3.30. The average molecular weight is 353 g/mol. The van der Waals surface area contributed by atoms with Crippen molar-refractivity contribution in [2.45, 2.75) is 34.1 Å². The van der Waals surface area contributed by atoms with Gasteiger partial charge in [0.15, 0.2) is 5.78 Å².